The molecule has 1 saturated carbocycles. The maximum absolute atomic E-state index is 7.43. The Hall–Kier alpha value is -4.08. The molecule has 0 aromatic heterocycles. The Bertz CT molecular complexity index is 2020. The molecule has 6 aliphatic carbocycles. The molecular weight excluding hydrogens is 635 g/mol. The molecule has 3 heteroatoms. The average Bonchev–Trinajstić information content (AvgIpc) is 3.56. The number of ether oxygens (including phenoxy) is 2. The summed E-state index contributed by atoms with van der Waals surface area (Å²) < 4.78 is 14.3. The van der Waals surface area contributed by atoms with E-state index in [1.54, 1.807) is 11.3 Å². The van der Waals surface area contributed by atoms with Crippen molar-refractivity contribution in [2.75, 3.05) is 0 Å². The van der Waals surface area contributed by atoms with E-state index in [9.17, 15) is 0 Å². The SMILES string of the molecule is C1=CCC(N2C3=C(CCC=C3)C3C(C4C=CC5C(C4)OC4CCCC=C4C54C5=C(CCC=C5)Oc5ccc(-c6ccccc6)cc54)CCCC32)C=C1. The van der Waals surface area contributed by atoms with Crippen molar-refractivity contribution in [3.8, 4) is 16.9 Å². The molecule has 3 aliphatic heterocycles. The molecule has 0 N–H and O–H groups in total. The Labute approximate surface area is 309 Å². The van der Waals surface area contributed by atoms with Crippen LogP contribution in [0.4, 0.5) is 0 Å². The molecule has 52 heavy (non-hydrogen) atoms. The fourth-order valence-electron chi connectivity index (χ4n) is 12.5. The highest BCUT2D eigenvalue weighted by atomic mass is 16.5. The second-order valence-corrected chi connectivity index (χ2v) is 16.9. The number of allylic oxidation sites excluding steroid dienone is 10. The Kier molecular flexibility index (Phi) is 7.57. The van der Waals surface area contributed by atoms with Crippen LogP contribution in [0.5, 0.6) is 5.75 Å². The van der Waals surface area contributed by atoms with E-state index < -0.39 is 0 Å². The molecule has 0 bridgehead atoms. The lowest BCUT2D eigenvalue weighted by Crippen LogP contribution is -2.57. The lowest BCUT2D eigenvalue weighted by atomic mass is 9.52. The van der Waals surface area contributed by atoms with E-state index in [1.807, 2.05) is 0 Å². The van der Waals surface area contributed by atoms with E-state index >= 15 is 0 Å². The predicted molar refractivity (Wildman–Crippen MR) is 209 cm³/mol. The molecule has 3 heterocycles. The summed E-state index contributed by atoms with van der Waals surface area (Å²) in [6.45, 7) is 0. The third-order valence-electron chi connectivity index (χ3n) is 14.4. The Morgan fingerprint density at radius 3 is 2.63 bits per heavy atom. The Balaban J connectivity index is 1.03. The third-order valence-corrected chi connectivity index (χ3v) is 14.4. The number of nitrogens with zero attached hydrogens (tertiary/aromatic N) is 1. The minimum absolute atomic E-state index is 0.155. The van der Waals surface area contributed by atoms with Crippen LogP contribution in [0.25, 0.3) is 11.1 Å². The van der Waals surface area contributed by atoms with Crippen LogP contribution in [-0.2, 0) is 10.2 Å². The summed E-state index contributed by atoms with van der Waals surface area (Å²) in [6, 6.07) is 19.1. The lowest BCUT2D eigenvalue weighted by molar-refractivity contribution is -0.0874. The normalized spacial score (nSPS) is 36.8. The van der Waals surface area contributed by atoms with Gasteiger partial charge in [-0.05, 0) is 117 Å². The maximum Gasteiger partial charge on any atom is 0.131 e. The van der Waals surface area contributed by atoms with E-state index in [2.05, 4.69) is 120 Å². The van der Waals surface area contributed by atoms with Crippen molar-refractivity contribution in [3.05, 3.63) is 149 Å². The van der Waals surface area contributed by atoms with Crippen molar-refractivity contribution in [2.45, 2.75) is 107 Å². The Morgan fingerprint density at radius 1 is 0.788 bits per heavy atom. The zero-order chi connectivity index (χ0) is 34.2. The first kappa shape index (κ1) is 31.4. The zero-order valence-electron chi connectivity index (χ0n) is 30.3. The van der Waals surface area contributed by atoms with Gasteiger partial charge in [0.25, 0.3) is 0 Å². The smallest absolute Gasteiger partial charge is 0.131 e. The van der Waals surface area contributed by atoms with Gasteiger partial charge in [0.1, 0.15) is 11.5 Å². The van der Waals surface area contributed by atoms with Gasteiger partial charge in [0, 0.05) is 41.1 Å². The largest absolute Gasteiger partial charge is 0.461 e. The van der Waals surface area contributed by atoms with Gasteiger partial charge in [0.15, 0.2) is 0 Å². The number of rotatable bonds is 3. The van der Waals surface area contributed by atoms with Crippen LogP contribution in [0, 0.1) is 23.7 Å². The molecule has 0 amide bonds. The van der Waals surface area contributed by atoms with Gasteiger partial charge < -0.3 is 14.4 Å². The van der Waals surface area contributed by atoms with Crippen molar-refractivity contribution < 1.29 is 9.47 Å². The monoisotopic (exact) mass is 685 g/mol. The minimum Gasteiger partial charge on any atom is -0.461 e. The maximum atomic E-state index is 7.43. The molecule has 2 aromatic carbocycles. The van der Waals surface area contributed by atoms with Gasteiger partial charge in [-0.1, -0.05) is 104 Å². The molecule has 264 valence electrons. The first-order valence-corrected chi connectivity index (χ1v) is 20.6. The van der Waals surface area contributed by atoms with E-state index in [4.69, 9.17) is 9.47 Å². The zero-order valence-corrected chi connectivity index (χ0v) is 30.3. The summed E-state index contributed by atoms with van der Waals surface area (Å²) in [4.78, 5) is 2.87. The topological polar surface area (TPSA) is 21.7 Å². The summed E-state index contributed by atoms with van der Waals surface area (Å²) in [5, 5.41) is 0. The van der Waals surface area contributed by atoms with Crippen molar-refractivity contribution >= 4 is 0 Å². The molecule has 2 fully saturated rings. The molecule has 0 radical (unpaired) electrons. The third kappa shape index (κ3) is 4.67. The molecule has 3 nitrogen and oxygen atoms in total. The molecule has 11 rings (SSSR count). The van der Waals surface area contributed by atoms with E-state index in [1.165, 1.54) is 72.1 Å². The first-order chi connectivity index (χ1) is 25.8. The molecule has 9 unspecified atom stereocenters. The van der Waals surface area contributed by atoms with Crippen LogP contribution < -0.4 is 4.74 Å². The van der Waals surface area contributed by atoms with Gasteiger partial charge in [0.05, 0.1) is 23.7 Å². The van der Waals surface area contributed by atoms with Crippen LogP contribution in [0.3, 0.4) is 0 Å². The van der Waals surface area contributed by atoms with E-state index in [-0.39, 0.29) is 23.5 Å². The molecule has 1 saturated heterocycles. The summed E-state index contributed by atoms with van der Waals surface area (Å²) >= 11 is 0. The van der Waals surface area contributed by atoms with Crippen molar-refractivity contribution in [2.24, 2.45) is 23.7 Å². The van der Waals surface area contributed by atoms with Gasteiger partial charge in [-0.15, -0.1) is 0 Å². The fraction of sp³-hybridized carbons (Fsp3) is 0.429. The first-order valence-electron chi connectivity index (χ1n) is 20.6. The highest BCUT2D eigenvalue weighted by Gasteiger charge is 2.60. The van der Waals surface area contributed by atoms with Crippen molar-refractivity contribution in [1.29, 1.82) is 0 Å². The predicted octanol–water partition coefficient (Wildman–Crippen LogP) is 11.2. The van der Waals surface area contributed by atoms with Crippen LogP contribution in [0.15, 0.2) is 144 Å². The summed E-state index contributed by atoms with van der Waals surface area (Å²) in [5.41, 5.74) is 9.84. The minimum atomic E-state index is -0.274. The quantitative estimate of drug-likeness (QED) is 0.300. The second kappa shape index (κ2) is 12.5. The van der Waals surface area contributed by atoms with Crippen LogP contribution >= 0.6 is 0 Å². The number of fused-ring (bicyclic) bond motifs is 9. The number of hydrogen-bond acceptors (Lipinski definition) is 3. The van der Waals surface area contributed by atoms with E-state index in [0.717, 1.165) is 44.3 Å². The average molecular weight is 686 g/mol. The van der Waals surface area contributed by atoms with E-state index in [0.29, 0.717) is 29.8 Å². The fourth-order valence-corrected chi connectivity index (χ4v) is 12.5. The van der Waals surface area contributed by atoms with Crippen LogP contribution in [0.1, 0.15) is 82.6 Å². The van der Waals surface area contributed by atoms with Crippen LogP contribution in [-0.4, -0.2) is 29.2 Å². The van der Waals surface area contributed by atoms with Gasteiger partial charge in [-0.25, -0.2) is 0 Å². The summed E-state index contributed by atoms with van der Waals surface area (Å²) in [7, 11) is 0. The van der Waals surface area contributed by atoms with Crippen molar-refractivity contribution in [1.82, 2.24) is 4.90 Å². The summed E-state index contributed by atoms with van der Waals surface area (Å²) in [5.74, 6) is 4.31. The van der Waals surface area contributed by atoms with Gasteiger partial charge in [-0.3, -0.25) is 0 Å². The van der Waals surface area contributed by atoms with Gasteiger partial charge in [0.2, 0.25) is 0 Å². The highest BCUT2D eigenvalue weighted by molar-refractivity contribution is 5.71. The molecule has 2 aromatic rings. The van der Waals surface area contributed by atoms with Gasteiger partial charge in [-0.2, -0.15) is 0 Å². The Morgan fingerprint density at radius 2 is 1.71 bits per heavy atom. The summed E-state index contributed by atoms with van der Waals surface area (Å²) in [6.07, 6.45) is 41.5. The molecule has 9 atom stereocenters. The van der Waals surface area contributed by atoms with Crippen LogP contribution in [0.2, 0.25) is 0 Å². The number of benzene rings is 2. The number of hydrogen-bond donors (Lipinski definition) is 0. The molecular formula is C49H51NO2. The standard InChI is InChI=1S/C49H51NO2/c1-3-14-32(15-4-1)33-27-29-46-41(30-33)49(38-20-8-11-24-44(38)51-46)39-21-9-12-25-45(39)52-47-31-34(26-28-40(47)49)36-19-13-23-43-48(36)37-18-7-10-22-42(37)50(43)35-16-5-2-6-17-35/h1-6,8,10,14-16,20-22,26-30,34-36,40,43,45,47-48H,7,9,11-13,17-19,23-25,31H2. The van der Waals surface area contributed by atoms with Gasteiger partial charge >= 0.3 is 0 Å². The molecule has 9 aliphatic rings. The lowest BCUT2D eigenvalue weighted by Gasteiger charge is -2.58. The second-order valence-electron chi connectivity index (χ2n) is 16.9. The molecule has 1 spiro atoms. The highest BCUT2D eigenvalue weighted by Crippen LogP contribution is 2.63. The van der Waals surface area contributed by atoms with Crippen molar-refractivity contribution in [3.63, 3.8) is 0 Å².